The predicted octanol–water partition coefficient (Wildman–Crippen LogP) is 3.03. The molecule has 2 N–H and O–H groups in total. The van der Waals surface area contributed by atoms with Crippen LogP contribution in [0.25, 0.3) is 11.4 Å². The summed E-state index contributed by atoms with van der Waals surface area (Å²) in [4.78, 5) is 4.38. The first-order valence-electron chi connectivity index (χ1n) is 6.88. The van der Waals surface area contributed by atoms with Gasteiger partial charge in [-0.2, -0.15) is 4.98 Å². The average Bonchev–Trinajstić information content (AvgIpc) is 3.07. The van der Waals surface area contributed by atoms with Gasteiger partial charge in [-0.15, -0.1) is 0 Å². The smallest absolute Gasteiger partial charge is 0.226 e. The predicted molar refractivity (Wildman–Crippen MR) is 72.4 cm³/mol. The van der Waals surface area contributed by atoms with Crippen LogP contribution in [0, 0.1) is 5.92 Å². The number of aromatic nitrogens is 2. The zero-order chi connectivity index (χ0) is 13.5. The maximum atomic E-state index is 5.64. The van der Waals surface area contributed by atoms with Crippen molar-refractivity contribution in [3.8, 4) is 11.4 Å². The summed E-state index contributed by atoms with van der Waals surface area (Å²) < 4.78 is 10.3. The number of nitrogens with two attached hydrogens (primary N) is 1. The van der Waals surface area contributed by atoms with Crippen molar-refractivity contribution in [1.82, 2.24) is 10.1 Å². The number of furan rings is 1. The molecule has 0 aliphatic rings. The molecule has 19 heavy (non-hydrogen) atoms. The van der Waals surface area contributed by atoms with Crippen molar-refractivity contribution in [3.05, 3.63) is 24.5 Å². The second-order valence-corrected chi connectivity index (χ2v) is 4.79. The third-order valence-corrected chi connectivity index (χ3v) is 3.29. The molecule has 0 aliphatic heterocycles. The van der Waals surface area contributed by atoms with Crippen LogP contribution in [0.2, 0.25) is 0 Å². The second kappa shape index (κ2) is 7.09. The molecule has 1 unspecified atom stereocenters. The van der Waals surface area contributed by atoms with E-state index >= 15 is 0 Å². The van der Waals surface area contributed by atoms with Crippen molar-refractivity contribution >= 4 is 0 Å². The maximum absolute atomic E-state index is 5.64. The van der Waals surface area contributed by atoms with Gasteiger partial charge in [-0.25, -0.2) is 0 Å². The summed E-state index contributed by atoms with van der Waals surface area (Å²) >= 11 is 0. The fourth-order valence-electron chi connectivity index (χ4n) is 2.27. The molecule has 0 bridgehead atoms. The van der Waals surface area contributed by atoms with Crippen molar-refractivity contribution < 1.29 is 8.94 Å². The van der Waals surface area contributed by atoms with Crippen LogP contribution in [0.5, 0.6) is 0 Å². The summed E-state index contributed by atoms with van der Waals surface area (Å²) in [6, 6.07) is 1.82. The van der Waals surface area contributed by atoms with Crippen molar-refractivity contribution in [2.24, 2.45) is 11.7 Å². The highest BCUT2D eigenvalue weighted by molar-refractivity contribution is 5.51. The zero-order valence-corrected chi connectivity index (χ0v) is 11.3. The largest absolute Gasteiger partial charge is 0.472 e. The molecule has 0 fully saturated rings. The van der Waals surface area contributed by atoms with Crippen molar-refractivity contribution in [1.29, 1.82) is 0 Å². The standard InChI is InChI=1S/C14H21N3O2/c1-2-3-11(6-8-15)4-5-13-16-14(17-19-13)12-7-9-18-10-12/h7,9-11H,2-6,8,15H2,1H3. The van der Waals surface area contributed by atoms with Crippen LogP contribution >= 0.6 is 0 Å². The maximum Gasteiger partial charge on any atom is 0.226 e. The molecule has 0 radical (unpaired) electrons. The number of hydrogen-bond acceptors (Lipinski definition) is 5. The topological polar surface area (TPSA) is 78.1 Å². The average molecular weight is 263 g/mol. The van der Waals surface area contributed by atoms with Gasteiger partial charge in [0.05, 0.1) is 11.8 Å². The summed E-state index contributed by atoms with van der Waals surface area (Å²) in [6.45, 7) is 2.95. The second-order valence-electron chi connectivity index (χ2n) is 4.79. The Morgan fingerprint density at radius 3 is 2.89 bits per heavy atom. The molecule has 0 aromatic carbocycles. The summed E-state index contributed by atoms with van der Waals surface area (Å²) in [5.74, 6) is 1.93. The number of hydrogen-bond donors (Lipinski definition) is 1. The molecular formula is C14H21N3O2. The Morgan fingerprint density at radius 2 is 2.21 bits per heavy atom. The van der Waals surface area contributed by atoms with Gasteiger partial charge < -0.3 is 14.7 Å². The third-order valence-electron chi connectivity index (χ3n) is 3.29. The van der Waals surface area contributed by atoms with E-state index in [1.54, 1.807) is 12.5 Å². The van der Waals surface area contributed by atoms with Crippen molar-refractivity contribution in [3.63, 3.8) is 0 Å². The van der Waals surface area contributed by atoms with Gasteiger partial charge in [0.2, 0.25) is 11.7 Å². The Balaban J connectivity index is 1.89. The molecule has 0 amide bonds. The van der Waals surface area contributed by atoms with Crippen LogP contribution in [-0.2, 0) is 6.42 Å². The Hall–Kier alpha value is -1.62. The van der Waals surface area contributed by atoms with Crippen LogP contribution in [0.3, 0.4) is 0 Å². The molecule has 5 heteroatoms. The van der Waals surface area contributed by atoms with Crippen LogP contribution in [-0.4, -0.2) is 16.7 Å². The monoisotopic (exact) mass is 263 g/mol. The number of rotatable bonds is 8. The first-order chi connectivity index (χ1) is 9.33. The van der Waals surface area contributed by atoms with Crippen LogP contribution in [0.4, 0.5) is 0 Å². The Morgan fingerprint density at radius 1 is 1.32 bits per heavy atom. The fraction of sp³-hybridized carbons (Fsp3) is 0.571. The zero-order valence-electron chi connectivity index (χ0n) is 11.3. The lowest BCUT2D eigenvalue weighted by Gasteiger charge is -2.13. The molecule has 1 atom stereocenters. The van der Waals surface area contributed by atoms with E-state index < -0.39 is 0 Å². The van der Waals surface area contributed by atoms with Gasteiger partial charge in [-0.3, -0.25) is 0 Å². The van der Waals surface area contributed by atoms with Gasteiger partial charge in [0.25, 0.3) is 0 Å². The molecule has 5 nitrogen and oxygen atoms in total. The van der Waals surface area contributed by atoms with E-state index in [4.69, 9.17) is 14.7 Å². The van der Waals surface area contributed by atoms with E-state index in [2.05, 4.69) is 17.1 Å². The number of nitrogens with zero attached hydrogens (tertiary/aromatic N) is 2. The summed E-state index contributed by atoms with van der Waals surface area (Å²) in [6.07, 6.45) is 8.55. The number of aryl methyl sites for hydroxylation is 1. The van der Waals surface area contributed by atoms with E-state index in [1.165, 1.54) is 12.8 Å². The molecule has 2 rings (SSSR count). The summed E-state index contributed by atoms with van der Waals surface area (Å²) in [5.41, 5.74) is 6.48. The van der Waals surface area contributed by atoms with Crippen LogP contribution in [0.1, 0.15) is 38.5 Å². The Kier molecular flexibility index (Phi) is 5.15. The summed E-state index contributed by atoms with van der Waals surface area (Å²) in [7, 11) is 0. The minimum atomic E-state index is 0.592. The van der Waals surface area contributed by atoms with E-state index in [9.17, 15) is 0 Å². The summed E-state index contributed by atoms with van der Waals surface area (Å²) in [5, 5.41) is 3.96. The van der Waals surface area contributed by atoms with Gasteiger partial charge in [-0.1, -0.05) is 24.9 Å². The normalized spacial score (nSPS) is 12.7. The quantitative estimate of drug-likeness (QED) is 0.792. The van der Waals surface area contributed by atoms with Crippen LogP contribution < -0.4 is 5.73 Å². The van der Waals surface area contributed by atoms with Gasteiger partial charge in [0.1, 0.15) is 6.26 Å². The SMILES string of the molecule is CCCC(CCN)CCc1nc(-c2ccoc2)no1. The first-order valence-corrected chi connectivity index (χ1v) is 6.88. The fourth-order valence-corrected chi connectivity index (χ4v) is 2.27. The molecule has 0 saturated heterocycles. The molecule has 0 spiro atoms. The van der Waals surface area contributed by atoms with Crippen molar-refractivity contribution in [2.45, 2.75) is 39.0 Å². The Labute approximate surface area is 113 Å². The Bertz CT molecular complexity index is 459. The highest BCUT2D eigenvalue weighted by Gasteiger charge is 2.12. The van der Waals surface area contributed by atoms with E-state index in [-0.39, 0.29) is 0 Å². The minimum absolute atomic E-state index is 0.592. The van der Waals surface area contributed by atoms with Gasteiger partial charge in [-0.05, 0) is 31.4 Å². The lowest BCUT2D eigenvalue weighted by molar-refractivity contribution is 0.349. The van der Waals surface area contributed by atoms with Crippen molar-refractivity contribution in [2.75, 3.05) is 6.54 Å². The molecule has 2 aromatic heterocycles. The van der Waals surface area contributed by atoms with Crippen LogP contribution in [0.15, 0.2) is 27.5 Å². The van der Waals surface area contributed by atoms with E-state index in [0.717, 1.165) is 31.4 Å². The van der Waals surface area contributed by atoms with E-state index in [1.807, 2.05) is 6.07 Å². The highest BCUT2D eigenvalue weighted by Crippen LogP contribution is 2.20. The van der Waals surface area contributed by atoms with Gasteiger partial charge in [0.15, 0.2) is 0 Å². The third kappa shape index (κ3) is 3.92. The van der Waals surface area contributed by atoms with E-state index in [0.29, 0.717) is 17.6 Å². The molecule has 0 aliphatic carbocycles. The molecule has 2 aromatic rings. The molecular weight excluding hydrogens is 242 g/mol. The lowest BCUT2D eigenvalue weighted by atomic mass is 9.94. The van der Waals surface area contributed by atoms with Gasteiger partial charge >= 0.3 is 0 Å². The van der Waals surface area contributed by atoms with Gasteiger partial charge in [0, 0.05) is 6.42 Å². The minimum Gasteiger partial charge on any atom is -0.472 e. The molecule has 104 valence electrons. The molecule has 0 saturated carbocycles. The lowest BCUT2D eigenvalue weighted by Crippen LogP contribution is -2.09. The first kappa shape index (κ1) is 13.8. The molecule has 2 heterocycles. The highest BCUT2D eigenvalue weighted by atomic mass is 16.5.